The Bertz CT molecular complexity index is 1530. The van der Waals surface area contributed by atoms with E-state index in [1.165, 1.54) is 10.6 Å². The van der Waals surface area contributed by atoms with Gasteiger partial charge < -0.3 is 15.0 Å². The number of fused-ring (bicyclic) bond motifs is 1. The molecule has 1 N–H and O–H groups in total. The molecule has 3 aromatic heterocycles. The first-order chi connectivity index (χ1) is 17.4. The third-order valence-electron chi connectivity index (χ3n) is 6.80. The molecule has 2 saturated heterocycles. The molecule has 186 valence electrons. The number of nitrogens with one attached hydrogen (secondary N) is 1. The van der Waals surface area contributed by atoms with Gasteiger partial charge in [0.05, 0.1) is 25.4 Å². The normalized spacial score (nSPS) is 18.6. The van der Waals surface area contributed by atoms with Gasteiger partial charge in [-0.05, 0) is 25.1 Å². The van der Waals surface area contributed by atoms with Crippen molar-refractivity contribution in [2.75, 3.05) is 37.7 Å². The zero-order valence-corrected chi connectivity index (χ0v) is 20.5. The van der Waals surface area contributed by atoms with Gasteiger partial charge in [-0.1, -0.05) is 11.6 Å². The lowest BCUT2D eigenvalue weighted by Crippen LogP contribution is -2.43. The number of aromatic nitrogens is 6. The molecule has 0 bridgehead atoms. The van der Waals surface area contributed by atoms with Crippen LogP contribution < -0.4 is 15.8 Å². The largest absolute Gasteiger partial charge is 0.370 e. The highest BCUT2D eigenvalue weighted by atomic mass is 35.5. The third kappa shape index (κ3) is 3.93. The van der Waals surface area contributed by atoms with Crippen molar-refractivity contribution in [2.24, 2.45) is 7.05 Å². The molecule has 0 amide bonds. The molecule has 2 fully saturated rings. The molecule has 1 atom stereocenters. The summed E-state index contributed by atoms with van der Waals surface area (Å²) in [5, 5.41) is 8.01. The van der Waals surface area contributed by atoms with Crippen LogP contribution in [0.4, 0.5) is 10.3 Å². The Hall–Kier alpha value is -3.41. The van der Waals surface area contributed by atoms with Crippen LogP contribution in [-0.2, 0) is 11.8 Å². The molecule has 36 heavy (non-hydrogen) atoms. The highest BCUT2D eigenvalue weighted by Crippen LogP contribution is 2.31. The summed E-state index contributed by atoms with van der Waals surface area (Å²) in [6.07, 6.45) is 3.59. The van der Waals surface area contributed by atoms with Crippen molar-refractivity contribution in [3.63, 3.8) is 0 Å². The van der Waals surface area contributed by atoms with Crippen molar-refractivity contribution in [2.45, 2.75) is 19.1 Å². The molecule has 1 unspecified atom stereocenters. The zero-order chi connectivity index (χ0) is 25.0. The fraction of sp³-hybridized carbons (Fsp3) is 0.375. The predicted molar refractivity (Wildman–Crippen MR) is 133 cm³/mol. The first kappa shape index (κ1) is 23.0. The molecule has 2 aliphatic rings. The fourth-order valence-corrected chi connectivity index (χ4v) is 4.62. The lowest BCUT2D eigenvalue weighted by atomic mass is 10.1. The van der Waals surface area contributed by atoms with E-state index in [2.05, 4.69) is 20.4 Å². The third-order valence-corrected chi connectivity index (χ3v) is 7.04. The molecule has 2 aliphatic heterocycles. The molecule has 1 aromatic carbocycles. The smallest absolute Gasteiger partial charge is 0.279 e. The van der Waals surface area contributed by atoms with Crippen molar-refractivity contribution in [3.05, 3.63) is 63.2 Å². The maximum Gasteiger partial charge on any atom is 0.279 e. The molecule has 4 aromatic rings. The standard InChI is InChI=1S/C24H24ClFN8O2/c1-13-29-21-20(17-4-3-15(25)7-18(17)26)30-24(31-22(21)23(35)32(13)2)33-5-6-36-19(12-33)14-8-28-34(11-14)16-9-27-10-16/h3-4,7-8,11,16,19,27H,5-6,9-10,12H2,1-2H3. The number of morpholine rings is 1. The Labute approximate surface area is 210 Å². The van der Waals surface area contributed by atoms with E-state index in [4.69, 9.17) is 21.3 Å². The maximum absolute atomic E-state index is 15.0. The second-order valence-electron chi connectivity index (χ2n) is 9.09. The summed E-state index contributed by atoms with van der Waals surface area (Å²) >= 11 is 5.98. The highest BCUT2D eigenvalue weighted by Gasteiger charge is 2.28. The zero-order valence-electron chi connectivity index (χ0n) is 19.8. The number of hydrogen-bond donors (Lipinski definition) is 1. The average Bonchev–Trinajstić information content (AvgIpc) is 3.31. The molecule has 0 aliphatic carbocycles. The van der Waals surface area contributed by atoms with Gasteiger partial charge in [0, 0.05) is 49.0 Å². The van der Waals surface area contributed by atoms with Crippen LogP contribution in [-0.4, -0.2) is 62.1 Å². The van der Waals surface area contributed by atoms with Gasteiger partial charge in [0.1, 0.15) is 29.0 Å². The summed E-state index contributed by atoms with van der Waals surface area (Å²) in [6, 6.07) is 4.70. The Morgan fingerprint density at radius 2 is 2.03 bits per heavy atom. The number of aryl methyl sites for hydroxylation is 1. The van der Waals surface area contributed by atoms with Gasteiger partial charge in [0.15, 0.2) is 5.52 Å². The number of ether oxygens (including phenoxy) is 1. The fourth-order valence-electron chi connectivity index (χ4n) is 4.46. The molecule has 0 spiro atoms. The van der Waals surface area contributed by atoms with Gasteiger partial charge in [0.25, 0.3) is 5.56 Å². The van der Waals surface area contributed by atoms with E-state index in [-0.39, 0.29) is 39.0 Å². The van der Waals surface area contributed by atoms with Crippen molar-refractivity contribution in [3.8, 4) is 11.3 Å². The van der Waals surface area contributed by atoms with E-state index >= 15 is 0 Å². The first-order valence-electron chi connectivity index (χ1n) is 11.7. The number of hydrogen-bond acceptors (Lipinski definition) is 8. The van der Waals surface area contributed by atoms with Gasteiger partial charge in [0.2, 0.25) is 5.95 Å². The second-order valence-corrected chi connectivity index (χ2v) is 9.52. The van der Waals surface area contributed by atoms with Crippen LogP contribution in [0.2, 0.25) is 5.02 Å². The van der Waals surface area contributed by atoms with Crippen LogP contribution >= 0.6 is 11.6 Å². The van der Waals surface area contributed by atoms with E-state index in [1.54, 1.807) is 26.1 Å². The predicted octanol–water partition coefficient (Wildman–Crippen LogP) is 2.41. The molecule has 6 rings (SSSR count). The van der Waals surface area contributed by atoms with E-state index < -0.39 is 5.82 Å². The number of nitrogens with zero attached hydrogens (tertiary/aromatic N) is 7. The Morgan fingerprint density at radius 1 is 1.19 bits per heavy atom. The minimum absolute atomic E-state index is 0.130. The van der Waals surface area contributed by atoms with Crippen molar-refractivity contribution >= 4 is 28.6 Å². The number of anilines is 1. The van der Waals surface area contributed by atoms with Gasteiger partial charge >= 0.3 is 0 Å². The molecule has 10 nitrogen and oxygen atoms in total. The van der Waals surface area contributed by atoms with E-state index in [0.29, 0.717) is 37.5 Å². The van der Waals surface area contributed by atoms with Gasteiger partial charge in [-0.25, -0.2) is 19.3 Å². The van der Waals surface area contributed by atoms with Crippen molar-refractivity contribution in [1.29, 1.82) is 0 Å². The molecular formula is C24H24ClFN8O2. The van der Waals surface area contributed by atoms with Crippen LogP contribution in [0, 0.1) is 12.7 Å². The van der Waals surface area contributed by atoms with Crippen molar-refractivity contribution in [1.82, 2.24) is 34.6 Å². The topological polar surface area (TPSA) is 103 Å². The van der Waals surface area contributed by atoms with E-state index in [1.807, 2.05) is 22.0 Å². The van der Waals surface area contributed by atoms with Crippen LogP contribution in [0.15, 0.2) is 35.4 Å². The highest BCUT2D eigenvalue weighted by molar-refractivity contribution is 6.30. The second kappa shape index (κ2) is 8.91. The molecule has 0 radical (unpaired) electrons. The summed E-state index contributed by atoms with van der Waals surface area (Å²) < 4.78 is 24.4. The van der Waals surface area contributed by atoms with Crippen LogP contribution in [0.1, 0.15) is 23.5 Å². The Morgan fingerprint density at radius 3 is 2.78 bits per heavy atom. The minimum Gasteiger partial charge on any atom is -0.370 e. The summed E-state index contributed by atoms with van der Waals surface area (Å²) in [5.74, 6) is 0.245. The van der Waals surface area contributed by atoms with Gasteiger partial charge in [-0.3, -0.25) is 14.0 Å². The quantitative estimate of drug-likeness (QED) is 0.446. The van der Waals surface area contributed by atoms with Crippen LogP contribution in [0.5, 0.6) is 0 Å². The average molecular weight is 511 g/mol. The molecular weight excluding hydrogens is 487 g/mol. The minimum atomic E-state index is -0.550. The van der Waals surface area contributed by atoms with E-state index in [9.17, 15) is 9.18 Å². The first-order valence-corrected chi connectivity index (χ1v) is 12.1. The molecule has 5 heterocycles. The lowest BCUT2D eigenvalue weighted by molar-refractivity contribution is 0.0391. The SMILES string of the molecule is Cc1nc2c(-c3ccc(Cl)cc3F)nc(N3CCOC(c4cnn(C5CNC5)c4)C3)nc2c(=O)n1C. The van der Waals surface area contributed by atoms with Gasteiger partial charge in [-0.15, -0.1) is 0 Å². The molecule has 12 heteroatoms. The number of benzene rings is 1. The number of rotatable bonds is 4. The summed E-state index contributed by atoms with van der Waals surface area (Å²) in [4.78, 5) is 29.0. The Kier molecular flexibility index (Phi) is 5.70. The van der Waals surface area contributed by atoms with Crippen LogP contribution in [0.25, 0.3) is 22.3 Å². The van der Waals surface area contributed by atoms with Crippen molar-refractivity contribution < 1.29 is 9.13 Å². The lowest BCUT2D eigenvalue weighted by Gasteiger charge is -2.33. The summed E-state index contributed by atoms with van der Waals surface area (Å²) in [5.41, 5.74) is 1.47. The Balaban J connectivity index is 1.43. The van der Waals surface area contributed by atoms with Gasteiger partial charge in [-0.2, -0.15) is 5.10 Å². The van der Waals surface area contributed by atoms with Crippen LogP contribution in [0.3, 0.4) is 0 Å². The van der Waals surface area contributed by atoms with E-state index in [0.717, 1.165) is 18.7 Å². The maximum atomic E-state index is 15.0. The molecule has 0 saturated carbocycles. The monoisotopic (exact) mass is 510 g/mol. The number of halogens is 2. The summed E-state index contributed by atoms with van der Waals surface area (Å²) in [7, 11) is 1.63. The summed E-state index contributed by atoms with van der Waals surface area (Å²) in [6.45, 7) is 4.93.